The van der Waals surface area contributed by atoms with E-state index >= 15 is 0 Å². The molecule has 3 nitrogen and oxygen atoms in total. The molecule has 3 aromatic rings. The monoisotopic (exact) mass is 481 g/mol. The SMILES string of the molecule is O=C1C2C3C=CC(C3=C(c3ccccc3)c3ccccc3)C2C(=O)N1c1ccc(Br)cc1. The van der Waals surface area contributed by atoms with Crippen LogP contribution in [0.15, 0.2) is 107 Å². The van der Waals surface area contributed by atoms with Crippen molar-refractivity contribution in [3.8, 4) is 0 Å². The Kier molecular flexibility index (Phi) is 4.51. The van der Waals surface area contributed by atoms with E-state index in [1.165, 1.54) is 10.5 Å². The lowest BCUT2D eigenvalue weighted by molar-refractivity contribution is -0.122. The predicted octanol–water partition coefficient (Wildman–Crippen LogP) is 5.87. The van der Waals surface area contributed by atoms with E-state index in [1.807, 2.05) is 60.7 Å². The average molecular weight is 482 g/mol. The Morgan fingerprint density at radius 1 is 0.656 bits per heavy atom. The summed E-state index contributed by atoms with van der Waals surface area (Å²) in [5.41, 5.74) is 5.24. The number of carbonyl (C=O) groups is 2. The van der Waals surface area contributed by atoms with Crippen LogP contribution in [0.25, 0.3) is 5.57 Å². The molecule has 6 rings (SSSR count). The Morgan fingerprint density at radius 3 is 1.59 bits per heavy atom. The van der Waals surface area contributed by atoms with Crippen LogP contribution in [0.5, 0.6) is 0 Å². The van der Waals surface area contributed by atoms with Crippen molar-refractivity contribution in [1.82, 2.24) is 0 Å². The van der Waals surface area contributed by atoms with E-state index in [1.54, 1.807) is 0 Å². The number of anilines is 1. The molecule has 2 aliphatic carbocycles. The molecule has 32 heavy (non-hydrogen) atoms. The second kappa shape index (κ2) is 7.42. The minimum absolute atomic E-state index is 0.0580. The number of fused-ring (bicyclic) bond motifs is 5. The summed E-state index contributed by atoms with van der Waals surface area (Å²) in [7, 11) is 0. The summed E-state index contributed by atoms with van der Waals surface area (Å²) in [5.74, 6) is -0.957. The molecule has 4 unspecified atom stereocenters. The fourth-order valence-corrected chi connectivity index (χ4v) is 5.92. The highest BCUT2D eigenvalue weighted by Gasteiger charge is 2.62. The van der Waals surface area contributed by atoms with Gasteiger partial charge in [-0.3, -0.25) is 9.59 Å². The van der Waals surface area contributed by atoms with Crippen molar-refractivity contribution >= 4 is 39.0 Å². The second-order valence-electron chi connectivity index (χ2n) is 8.54. The Balaban J connectivity index is 1.48. The number of carbonyl (C=O) groups excluding carboxylic acids is 2. The highest BCUT2D eigenvalue weighted by Crippen LogP contribution is 2.58. The maximum atomic E-state index is 13.6. The number of rotatable bonds is 3. The zero-order valence-corrected chi connectivity index (χ0v) is 18.8. The van der Waals surface area contributed by atoms with Crippen LogP contribution in [-0.2, 0) is 9.59 Å². The number of benzene rings is 3. The van der Waals surface area contributed by atoms with Gasteiger partial charge in [0.15, 0.2) is 0 Å². The van der Waals surface area contributed by atoms with Crippen molar-refractivity contribution in [2.45, 2.75) is 0 Å². The molecule has 2 bridgehead atoms. The molecule has 2 amide bonds. The molecule has 0 spiro atoms. The highest BCUT2D eigenvalue weighted by molar-refractivity contribution is 9.10. The molecule has 0 aromatic heterocycles. The summed E-state index contributed by atoms with van der Waals surface area (Å²) in [4.78, 5) is 28.5. The first kappa shape index (κ1) is 19.4. The molecule has 2 fully saturated rings. The van der Waals surface area contributed by atoms with Crippen molar-refractivity contribution in [1.29, 1.82) is 0 Å². The van der Waals surface area contributed by atoms with Gasteiger partial charge in [0, 0.05) is 16.3 Å². The molecule has 3 aliphatic rings. The number of halogens is 1. The van der Waals surface area contributed by atoms with E-state index < -0.39 is 0 Å². The fourth-order valence-electron chi connectivity index (χ4n) is 5.65. The minimum Gasteiger partial charge on any atom is -0.274 e. The van der Waals surface area contributed by atoms with Crippen molar-refractivity contribution in [3.05, 3.63) is 118 Å². The van der Waals surface area contributed by atoms with Gasteiger partial charge in [0.05, 0.1) is 17.5 Å². The number of allylic oxidation sites excluding steroid dienone is 3. The standard InChI is InChI=1S/C28H20BrNO2/c29-19-11-13-20(14-12-19)30-27(31)25-21-15-16-22(26(25)28(30)32)24(21)23(17-7-3-1-4-8-17)18-9-5-2-6-10-18/h1-16,21-22,25-26H. The normalized spacial score (nSPS) is 25.5. The molecule has 4 atom stereocenters. The van der Waals surface area contributed by atoms with Crippen LogP contribution in [0.2, 0.25) is 0 Å². The third-order valence-electron chi connectivity index (χ3n) is 6.91. The summed E-state index contributed by atoms with van der Waals surface area (Å²) < 4.78 is 0.919. The maximum Gasteiger partial charge on any atom is 0.238 e. The van der Waals surface area contributed by atoms with Crippen molar-refractivity contribution in [2.24, 2.45) is 23.7 Å². The Bertz CT molecular complexity index is 1200. The average Bonchev–Trinajstić information content (AvgIpc) is 3.46. The molecule has 1 heterocycles. The van der Waals surface area contributed by atoms with Gasteiger partial charge in [0.2, 0.25) is 11.8 Å². The third-order valence-corrected chi connectivity index (χ3v) is 7.44. The van der Waals surface area contributed by atoms with Crippen LogP contribution in [0.1, 0.15) is 11.1 Å². The number of hydrogen-bond acceptors (Lipinski definition) is 2. The van der Waals surface area contributed by atoms with Gasteiger partial charge in [-0.1, -0.05) is 88.7 Å². The van der Waals surface area contributed by atoms with Crippen LogP contribution in [0.3, 0.4) is 0 Å². The van der Waals surface area contributed by atoms with Crippen LogP contribution in [0, 0.1) is 23.7 Å². The Morgan fingerprint density at radius 2 is 1.12 bits per heavy atom. The van der Waals surface area contributed by atoms with Crippen LogP contribution in [0.4, 0.5) is 5.69 Å². The number of hydrogen-bond donors (Lipinski definition) is 0. The summed E-state index contributed by atoms with van der Waals surface area (Å²) in [6.45, 7) is 0. The molecule has 156 valence electrons. The lowest BCUT2D eigenvalue weighted by Crippen LogP contribution is -2.33. The summed E-state index contributed by atoms with van der Waals surface area (Å²) in [6.07, 6.45) is 4.28. The maximum absolute atomic E-state index is 13.6. The largest absolute Gasteiger partial charge is 0.274 e. The number of imide groups is 1. The van der Waals surface area contributed by atoms with Gasteiger partial charge >= 0.3 is 0 Å². The fraction of sp³-hybridized carbons (Fsp3) is 0.143. The molecule has 1 saturated carbocycles. The third kappa shape index (κ3) is 2.79. The Hall–Kier alpha value is -3.24. The van der Waals surface area contributed by atoms with E-state index in [0.717, 1.165) is 21.2 Å². The van der Waals surface area contributed by atoms with Crippen molar-refractivity contribution in [2.75, 3.05) is 4.90 Å². The lowest BCUT2D eigenvalue weighted by atomic mass is 9.85. The van der Waals surface area contributed by atoms with E-state index in [-0.39, 0.29) is 35.5 Å². The zero-order chi connectivity index (χ0) is 21.8. The van der Waals surface area contributed by atoms with E-state index in [0.29, 0.717) is 5.69 Å². The second-order valence-corrected chi connectivity index (χ2v) is 9.45. The van der Waals surface area contributed by atoms with E-state index in [4.69, 9.17) is 0 Å². The topological polar surface area (TPSA) is 37.4 Å². The summed E-state index contributed by atoms with van der Waals surface area (Å²) in [5, 5.41) is 0. The molecule has 4 heteroatoms. The van der Waals surface area contributed by atoms with Crippen molar-refractivity contribution < 1.29 is 9.59 Å². The van der Waals surface area contributed by atoms with Gasteiger partial charge in [0.1, 0.15) is 0 Å². The molecule has 1 aliphatic heterocycles. The van der Waals surface area contributed by atoms with Gasteiger partial charge in [-0.2, -0.15) is 0 Å². The number of amides is 2. The molecular weight excluding hydrogens is 462 g/mol. The van der Waals surface area contributed by atoms with Gasteiger partial charge in [-0.15, -0.1) is 0 Å². The van der Waals surface area contributed by atoms with Gasteiger partial charge in [0.25, 0.3) is 0 Å². The van der Waals surface area contributed by atoms with Crippen LogP contribution < -0.4 is 4.90 Å². The summed E-state index contributed by atoms with van der Waals surface area (Å²) >= 11 is 3.43. The summed E-state index contributed by atoms with van der Waals surface area (Å²) in [6, 6.07) is 28.0. The molecule has 1 saturated heterocycles. The van der Waals surface area contributed by atoms with Gasteiger partial charge in [-0.05, 0) is 46.5 Å². The smallest absolute Gasteiger partial charge is 0.238 e. The van der Waals surface area contributed by atoms with Gasteiger partial charge in [-0.25, -0.2) is 4.90 Å². The van der Waals surface area contributed by atoms with Crippen molar-refractivity contribution in [3.63, 3.8) is 0 Å². The lowest BCUT2D eigenvalue weighted by Gasteiger charge is -2.21. The first-order valence-corrected chi connectivity index (χ1v) is 11.6. The highest BCUT2D eigenvalue weighted by atomic mass is 79.9. The van der Waals surface area contributed by atoms with Crippen LogP contribution >= 0.6 is 15.9 Å². The first-order valence-electron chi connectivity index (χ1n) is 10.8. The van der Waals surface area contributed by atoms with Crippen LogP contribution in [-0.4, -0.2) is 11.8 Å². The molecule has 0 N–H and O–H groups in total. The molecule has 3 aromatic carbocycles. The number of nitrogens with zero attached hydrogens (tertiary/aromatic N) is 1. The predicted molar refractivity (Wildman–Crippen MR) is 129 cm³/mol. The van der Waals surface area contributed by atoms with E-state index in [9.17, 15) is 9.59 Å². The zero-order valence-electron chi connectivity index (χ0n) is 17.2. The molecule has 0 radical (unpaired) electrons. The Labute approximate surface area is 195 Å². The minimum atomic E-state index is -0.335. The van der Waals surface area contributed by atoms with E-state index in [2.05, 4.69) is 52.3 Å². The van der Waals surface area contributed by atoms with Gasteiger partial charge < -0.3 is 0 Å². The molecular formula is C28H20BrNO2. The quantitative estimate of drug-likeness (QED) is 0.346. The first-order chi connectivity index (χ1) is 15.6.